The van der Waals surface area contributed by atoms with Crippen molar-refractivity contribution in [3.05, 3.63) is 91.2 Å². The summed E-state index contributed by atoms with van der Waals surface area (Å²) < 4.78 is 4.05. The summed E-state index contributed by atoms with van der Waals surface area (Å²) in [6.07, 6.45) is 0. The maximum atomic E-state index is 13.5. The molecule has 0 bridgehead atoms. The van der Waals surface area contributed by atoms with E-state index in [2.05, 4.69) is 10.4 Å². The fourth-order valence-electron chi connectivity index (χ4n) is 3.91. The Morgan fingerprint density at radius 3 is 2.45 bits per heavy atom. The number of carbonyl (C=O) groups is 1. The third kappa shape index (κ3) is 4.34. The third-order valence-corrected chi connectivity index (χ3v) is 5.77. The molecular weight excluding hydrogens is 442 g/mol. The van der Waals surface area contributed by atoms with Crippen LogP contribution in [0.25, 0.3) is 11.0 Å². The summed E-state index contributed by atoms with van der Waals surface area (Å²) in [5.74, 6) is -0.405. The molecule has 9 heteroatoms. The quantitative estimate of drug-likeness (QED) is 0.473. The number of nitrogens with one attached hydrogen (secondary N) is 1. The van der Waals surface area contributed by atoms with Crippen LogP contribution in [0.2, 0.25) is 5.02 Å². The van der Waals surface area contributed by atoms with Crippen molar-refractivity contribution in [2.24, 2.45) is 0 Å². The smallest absolute Gasteiger partial charge is 0.324 e. The molecule has 170 valence electrons. The van der Waals surface area contributed by atoms with Gasteiger partial charge >= 0.3 is 5.69 Å². The van der Waals surface area contributed by atoms with Crippen LogP contribution >= 0.6 is 11.6 Å². The summed E-state index contributed by atoms with van der Waals surface area (Å²) >= 11 is 6.06. The zero-order valence-corrected chi connectivity index (χ0v) is 19.4. The van der Waals surface area contributed by atoms with Gasteiger partial charge < -0.3 is 5.32 Å². The average Bonchev–Trinajstić information content (AvgIpc) is 3.13. The molecule has 0 radical (unpaired) electrons. The third-order valence-electron chi connectivity index (χ3n) is 5.53. The van der Waals surface area contributed by atoms with Crippen LogP contribution in [0.4, 0.5) is 5.69 Å². The van der Waals surface area contributed by atoms with Crippen molar-refractivity contribution in [2.45, 2.75) is 40.4 Å². The van der Waals surface area contributed by atoms with Gasteiger partial charge in [-0.3, -0.25) is 23.4 Å². The van der Waals surface area contributed by atoms with Crippen LogP contribution in [0.3, 0.4) is 0 Å². The van der Waals surface area contributed by atoms with Crippen LogP contribution in [0, 0.1) is 13.8 Å². The number of aromatic nitrogens is 4. The van der Waals surface area contributed by atoms with Crippen molar-refractivity contribution in [1.82, 2.24) is 18.9 Å². The summed E-state index contributed by atoms with van der Waals surface area (Å²) in [5, 5.41) is 7.74. The van der Waals surface area contributed by atoms with Crippen LogP contribution < -0.4 is 16.6 Å². The number of hydrogen-bond acceptors (Lipinski definition) is 4. The molecule has 1 amide bonds. The van der Waals surface area contributed by atoms with Gasteiger partial charge in [-0.25, -0.2) is 4.79 Å². The summed E-state index contributed by atoms with van der Waals surface area (Å²) in [6.45, 7) is 5.73. The monoisotopic (exact) mass is 465 g/mol. The van der Waals surface area contributed by atoms with Gasteiger partial charge in [0.15, 0.2) is 5.52 Å². The number of hydrogen-bond donors (Lipinski definition) is 1. The van der Waals surface area contributed by atoms with E-state index in [9.17, 15) is 14.4 Å². The molecule has 1 N–H and O–H groups in total. The molecule has 0 aliphatic rings. The molecular formula is C24H24ClN5O3. The molecule has 33 heavy (non-hydrogen) atoms. The first kappa shape index (κ1) is 22.5. The fraction of sp³-hybridized carbons (Fsp3) is 0.250. The largest absolute Gasteiger partial charge is 0.332 e. The van der Waals surface area contributed by atoms with E-state index in [1.165, 1.54) is 4.57 Å². The molecule has 2 heterocycles. The Kier molecular flexibility index (Phi) is 6.20. The van der Waals surface area contributed by atoms with Gasteiger partial charge in [-0.1, -0.05) is 48.0 Å². The van der Waals surface area contributed by atoms with E-state index in [0.717, 1.165) is 15.7 Å². The Morgan fingerprint density at radius 2 is 1.76 bits per heavy atom. The van der Waals surface area contributed by atoms with Gasteiger partial charge in [0.25, 0.3) is 5.56 Å². The number of anilines is 1. The number of carbonyl (C=O) groups excluding carboxylic acids is 1. The van der Waals surface area contributed by atoms with E-state index in [-0.39, 0.29) is 13.1 Å². The van der Waals surface area contributed by atoms with Crippen LogP contribution in [0.1, 0.15) is 23.7 Å². The lowest BCUT2D eigenvalue weighted by Crippen LogP contribution is -2.42. The highest BCUT2D eigenvalue weighted by atomic mass is 35.5. The van der Waals surface area contributed by atoms with Gasteiger partial charge in [0.2, 0.25) is 5.91 Å². The number of rotatable bonds is 6. The first-order chi connectivity index (χ1) is 15.8. The Labute approximate surface area is 195 Å². The summed E-state index contributed by atoms with van der Waals surface area (Å²) in [4.78, 5) is 39.7. The fourth-order valence-corrected chi connectivity index (χ4v) is 4.08. The minimum Gasteiger partial charge on any atom is -0.324 e. The summed E-state index contributed by atoms with van der Waals surface area (Å²) in [5.41, 5.74) is 2.41. The second-order valence-corrected chi connectivity index (χ2v) is 8.29. The Morgan fingerprint density at radius 1 is 1.03 bits per heavy atom. The molecule has 8 nitrogen and oxygen atoms in total. The zero-order valence-electron chi connectivity index (χ0n) is 18.6. The molecule has 0 saturated carbocycles. The van der Waals surface area contributed by atoms with Crippen molar-refractivity contribution >= 4 is 34.2 Å². The number of amides is 1. The molecule has 0 spiro atoms. The van der Waals surface area contributed by atoms with Crippen LogP contribution in [-0.2, 0) is 24.4 Å². The maximum Gasteiger partial charge on any atom is 0.332 e. The van der Waals surface area contributed by atoms with Crippen molar-refractivity contribution < 1.29 is 4.79 Å². The molecule has 0 aliphatic heterocycles. The molecule has 4 rings (SSSR count). The molecule has 0 unspecified atom stereocenters. The van der Waals surface area contributed by atoms with Gasteiger partial charge in [-0.15, -0.1) is 0 Å². The SMILES string of the molecule is CCn1nc(C)c2c1c(=O)n(Cc1ccccc1)c(=O)n2CC(=O)Nc1cc(Cl)ccc1C. The van der Waals surface area contributed by atoms with E-state index in [1.54, 1.807) is 29.8 Å². The van der Waals surface area contributed by atoms with E-state index < -0.39 is 17.2 Å². The highest BCUT2D eigenvalue weighted by Crippen LogP contribution is 2.20. The molecule has 0 fully saturated rings. The Balaban J connectivity index is 1.83. The van der Waals surface area contributed by atoms with E-state index in [0.29, 0.717) is 34.0 Å². The number of fused-ring (bicyclic) bond motifs is 1. The summed E-state index contributed by atoms with van der Waals surface area (Å²) in [6, 6.07) is 14.4. The zero-order chi connectivity index (χ0) is 23.7. The van der Waals surface area contributed by atoms with Gasteiger partial charge in [0, 0.05) is 17.3 Å². The lowest BCUT2D eigenvalue weighted by atomic mass is 10.2. The highest BCUT2D eigenvalue weighted by Gasteiger charge is 2.22. The van der Waals surface area contributed by atoms with Gasteiger partial charge in [-0.05, 0) is 44.0 Å². The molecule has 0 saturated heterocycles. The highest BCUT2D eigenvalue weighted by molar-refractivity contribution is 6.31. The van der Waals surface area contributed by atoms with Gasteiger partial charge in [0.05, 0.1) is 12.2 Å². The standard InChI is InChI=1S/C24H24ClN5O3/c1-4-30-22-21(16(3)27-30)28(14-20(31)26-19-12-18(25)11-10-15(19)2)24(33)29(23(22)32)13-17-8-6-5-7-9-17/h5-12H,4,13-14H2,1-3H3,(H,26,31). The maximum absolute atomic E-state index is 13.5. The number of aryl methyl sites for hydroxylation is 3. The lowest BCUT2D eigenvalue weighted by molar-refractivity contribution is -0.116. The number of nitrogens with zero attached hydrogens (tertiary/aromatic N) is 4. The first-order valence-corrected chi connectivity index (χ1v) is 11.0. The minimum atomic E-state index is -0.562. The predicted molar refractivity (Wildman–Crippen MR) is 129 cm³/mol. The van der Waals surface area contributed by atoms with Crippen LogP contribution in [0.5, 0.6) is 0 Å². The molecule has 0 aliphatic carbocycles. The van der Waals surface area contributed by atoms with E-state index in [1.807, 2.05) is 44.2 Å². The second-order valence-electron chi connectivity index (χ2n) is 7.85. The second kappa shape index (κ2) is 9.07. The van der Waals surface area contributed by atoms with E-state index >= 15 is 0 Å². The van der Waals surface area contributed by atoms with Crippen molar-refractivity contribution in [1.29, 1.82) is 0 Å². The van der Waals surface area contributed by atoms with Gasteiger partial charge in [-0.2, -0.15) is 5.10 Å². The number of halogens is 1. The molecule has 2 aromatic heterocycles. The lowest BCUT2D eigenvalue weighted by Gasteiger charge is -2.14. The molecule has 2 aromatic carbocycles. The van der Waals surface area contributed by atoms with E-state index in [4.69, 9.17) is 11.6 Å². The minimum absolute atomic E-state index is 0.0947. The van der Waals surface area contributed by atoms with Gasteiger partial charge in [0.1, 0.15) is 12.1 Å². The normalized spacial score (nSPS) is 11.2. The van der Waals surface area contributed by atoms with Crippen molar-refractivity contribution in [3.63, 3.8) is 0 Å². The van der Waals surface area contributed by atoms with Crippen molar-refractivity contribution in [3.8, 4) is 0 Å². The topological polar surface area (TPSA) is 90.9 Å². The Bertz CT molecular complexity index is 1470. The van der Waals surface area contributed by atoms with Crippen LogP contribution in [0.15, 0.2) is 58.1 Å². The predicted octanol–water partition coefficient (Wildman–Crippen LogP) is 3.34. The molecule has 4 aromatic rings. The number of benzene rings is 2. The molecule has 0 atom stereocenters. The Hall–Kier alpha value is -3.65. The first-order valence-electron chi connectivity index (χ1n) is 10.6. The van der Waals surface area contributed by atoms with Crippen molar-refractivity contribution in [2.75, 3.05) is 5.32 Å². The average molecular weight is 466 g/mol. The summed E-state index contributed by atoms with van der Waals surface area (Å²) in [7, 11) is 0. The van der Waals surface area contributed by atoms with Crippen LogP contribution in [-0.4, -0.2) is 24.8 Å².